The van der Waals surface area contributed by atoms with Crippen LogP contribution in [0.3, 0.4) is 0 Å². The number of rotatable bonds is 2. The SMILES string of the molecule is O=C(O)c1cc(F)cc(-c2cncc3ccccc23)c1. The van der Waals surface area contributed by atoms with Crippen molar-refractivity contribution in [2.75, 3.05) is 0 Å². The van der Waals surface area contributed by atoms with Crippen LogP contribution in [-0.2, 0) is 0 Å². The van der Waals surface area contributed by atoms with Gasteiger partial charge >= 0.3 is 5.97 Å². The van der Waals surface area contributed by atoms with Crippen LogP contribution in [0, 0.1) is 5.82 Å². The first-order chi connectivity index (χ1) is 9.65. The number of aromatic carboxylic acids is 1. The maximum atomic E-state index is 13.6. The van der Waals surface area contributed by atoms with Gasteiger partial charge in [-0.1, -0.05) is 24.3 Å². The lowest BCUT2D eigenvalue weighted by Crippen LogP contribution is -1.98. The summed E-state index contributed by atoms with van der Waals surface area (Å²) in [4.78, 5) is 15.1. The number of halogens is 1. The highest BCUT2D eigenvalue weighted by molar-refractivity contribution is 5.97. The normalized spacial score (nSPS) is 10.7. The molecule has 0 aliphatic carbocycles. The number of carboxylic acids is 1. The fourth-order valence-corrected chi connectivity index (χ4v) is 2.22. The average Bonchev–Trinajstić information content (AvgIpc) is 2.46. The number of nitrogens with zero attached hydrogens (tertiary/aromatic N) is 1. The first-order valence-corrected chi connectivity index (χ1v) is 6.02. The van der Waals surface area contributed by atoms with E-state index in [0.717, 1.165) is 16.8 Å². The predicted octanol–water partition coefficient (Wildman–Crippen LogP) is 3.74. The van der Waals surface area contributed by atoms with Crippen LogP contribution >= 0.6 is 0 Å². The maximum Gasteiger partial charge on any atom is 0.335 e. The minimum absolute atomic E-state index is 0.0760. The number of benzene rings is 2. The molecule has 1 N–H and O–H groups in total. The third kappa shape index (κ3) is 2.12. The summed E-state index contributed by atoms with van der Waals surface area (Å²) in [6, 6.07) is 11.3. The van der Waals surface area contributed by atoms with Gasteiger partial charge in [0.15, 0.2) is 0 Å². The summed E-state index contributed by atoms with van der Waals surface area (Å²) in [7, 11) is 0. The molecule has 0 atom stereocenters. The van der Waals surface area contributed by atoms with Crippen molar-refractivity contribution < 1.29 is 14.3 Å². The minimum Gasteiger partial charge on any atom is -0.478 e. The van der Waals surface area contributed by atoms with Crippen molar-refractivity contribution >= 4 is 16.7 Å². The lowest BCUT2D eigenvalue weighted by Gasteiger charge is -2.07. The summed E-state index contributed by atoms with van der Waals surface area (Å²) < 4.78 is 13.6. The van der Waals surface area contributed by atoms with E-state index in [1.165, 1.54) is 12.1 Å². The first-order valence-electron chi connectivity index (χ1n) is 6.02. The lowest BCUT2D eigenvalue weighted by molar-refractivity contribution is 0.0696. The Labute approximate surface area is 114 Å². The highest BCUT2D eigenvalue weighted by atomic mass is 19.1. The third-order valence-electron chi connectivity index (χ3n) is 3.12. The van der Waals surface area contributed by atoms with E-state index in [1.54, 1.807) is 12.4 Å². The van der Waals surface area contributed by atoms with Gasteiger partial charge in [-0.25, -0.2) is 9.18 Å². The van der Waals surface area contributed by atoms with Crippen molar-refractivity contribution in [3.05, 3.63) is 66.2 Å². The zero-order chi connectivity index (χ0) is 14.1. The largest absolute Gasteiger partial charge is 0.478 e. The third-order valence-corrected chi connectivity index (χ3v) is 3.12. The molecule has 0 aliphatic heterocycles. The van der Waals surface area contributed by atoms with Crippen molar-refractivity contribution in [3.8, 4) is 11.1 Å². The number of fused-ring (bicyclic) bond motifs is 1. The topological polar surface area (TPSA) is 50.2 Å². The van der Waals surface area contributed by atoms with E-state index < -0.39 is 11.8 Å². The van der Waals surface area contributed by atoms with Crippen LogP contribution in [0.5, 0.6) is 0 Å². The molecule has 3 rings (SSSR count). The Kier molecular flexibility index (Phi) is 2.91. The quantitative estimate of drug-likeness (QED) is 0.769. The van der Waals surface area contributed by atoms with Gasteiger partial charge in [0.2, 0.25) is 0 Å². The molecule has 0 radical (unpaired) electrons. The fraction of sp³-hybridized carbons (Fsp3) is 0. The van der Waals surface area contributed by atoms with Gasteiger partial charge in [-0.15, -0.1) is 0 Å². The minimum atomic E-state index is -1.15. The average molecular weight is 267 g/mol. The molecule has 0 aliphatic rings. The molecular formula is C16H10FNO2. The van der Waals surface area contributed by atoms with E-state index in [-0.39, 0.29) is 5.56 Å². The Morgan fingerprint density at radius 2 is 1.90 bits per heavy atom. The number of pyridine rings is 1. The van der Waals surface area contributed by atoms with Gasteiger partial charge in [0.05, 0.1) is 5.56 Å². The van der Waals surface area contributed by atoms with Crippen LogP contribution in [0.2, 0.25) is 0 Å². The van der Waals surface area contributed by atoms with Crippen molar-refractivity contribution in [2.24, 2.45) is 0 Å². The monoisotopic (exact) mass is 267 g/mol. The molecule has 20 heavy (non-hydrogen) atoms. The molecule has 1 heterocycles. The molecule has 2 aromatic carbocycles. The summed E-state index contributed by atoms with van der Waals surface area (Å²) in [5, 5.41) is 10.8. The van der Waals surface area contributed by atoms with Gasteiger partial charge < -0.3 is 5.11 Å². The van der Waals surface area contributed by atoms with Crippen molar-refractivity contribution in [1.82, 2.24) is 4.98 Å². The molecule has 1 aromatic heterocycles. The summed E-state index contributed by atoms with van der Waals surface area (Å²) in [6.07, 6.45) is 3.33. The molecule has 0 amide bonds. The predicted molar refractivity (Wildman–Crippen MR) is 74.1 cm³/mol. The second-order valence-corrected chi connectivity index (χ2v) is 4.44. The van der Waals surface area contributed by atoms with Crippen LogP contribution in [0.1, 0.15) is 10.4 Å². The van der Waals surface area contributed by atoms with Gasteiger partial charge in [0.25, 0.3) is 0 Å². The molecule has 98 valence electrons. The van der Waals surface area contributed by atoms with E-state index in [0.29, 0.717) is 11.1 Å². The second-order valence-electron chi connectivity index (χ2n) is 4.44. The molecule has 0 bridgehead atoms. The zero-order valence-corrected chi connectivity index (χ0v) is 10.4. The maximum absolute atomic E-state index is 13.6. The zero-order valence-electron chi connectivity index (χ0n) is 10.4. The van der Waals surface area contributed by atoms with Crippen LogP contribution in [-0.4, -0.2) is 16.1 Å². The van der Waals surface area contributed by atoms with Gasteiger partial charge in [0, 0.05) is 23.3 Å². The van der Waals surface area contributed by atoms with Crippen molar-refractivity contribution in [2.45, 2.75) is 0 Å². The van der Waals surface area contributed by atoms with Crippen LogP contribution in [0.25, 0.3) is 21.9 Å². The Balaban J connectivity index is 2.28. The summed E-state index contributed by atoms with van der Waals surface area (Å²) in [6.45, 7) is 0. The van der Waals surface area contributed by atoms with E-state index in [1.807, 2.05) is 24.3 Å². The molecule has 0 spiro atoms. The highest BCUT2D eigenvalue weighted by Gasteiger charge is 2.10. The number of carboxylic acid groups (broad SMARTS) is 1. The number of hydrogen-bond acceptors (Lipinski definition) is 2. The molecule has 0 saturated heterocycles. The van der Waals surface area contributed by atoms with E-state index in [2.05, 4.69) is 4.98 Å². The highest BCUT2D eigenvalue weighted by Crippen LogP contribution is 2.28. The Morgan fingerprint density at radius 1 is 1.10 bits per heavy atom. The summed E-state index contributed by atoms with van der Waals surface area (Å²) in [5.74, 6) is -1.73. The van der Waals surface area contributed by atoms with E-state index >= 15 is 0 Å². The van der Waals surface area contributed by atoms with Gasteiger partial charge in [-0.05, 0) is 29.1 Å². The van der Waals surface area contributed by atoms with Crippen molar-refractivity contribution in [1.29, 1.82) is 0 Å². The lowest BCUT2D eigenvalue weighted by atomic mass is 9.99. The molecule has 3 aromatic rings. The molecule has 0 unspecified atom stereocenters. The Bertz CT molecular complexity index is 809. The number of hydrogen-bond donors (Lipinski definition) is 1. The fourth-order valence-electron chi connectivity index (χ4n) is 2.22. The standard InChI is InChI=1S/C16H10FNO2/c17-13-6-11(5-12(7-13)16(19)20)15-9-18-8-10-3-1-2-4-14(10)15/h1-9H,(H,19,20). The Morgan fingerprint density at radius 3 is 2.70 bits per heavy atom. The van der Waals surface area contributed by atoms with Gasteiger partial charge in [-0.2, -0.15) is 0 Å². The smallest absolute Gasteiger partial charge is 0.335 e. The van der Waals surface area contributed by atoms with Gasteiger partial charge in [0.1, 0.15) is 5.82 Å². The molecule has 3 nitrogen and oxygen atoms in total. The molecule has 0 saturated carbocycles. The van der Waals surface area contributed by atoms with E-state index in [9.17, 15) is 9.18 Å². The number of carbonyl (C=O) groups is 1. The van der Waals surface area contributed by atoms with Crippen LogP contribution in [0.4, 0.5) is 4.39 Å². The summed E-state index contributed by atoms with van der Waals surface area (Å²) >= 11 is 0. The van der Waals surface area contributed by atoms with Gasteiger partial charge in [-0.3, -0.25) is 4.98 Å². The first kappa shape index (κ1) is 12.3. The van der Waals surface area contributed by atoms with E-state index in [4.69, 9.17) is 5.11 Å². The van der Waals surface area contributed by atoms with Crippen LogP contribution in [0.15, 0.2) is 54.9 Å². The number of aromatic nitrogens is 1. The Hall–Kier alpha value is -2.75. The molecule has 4 heteroatoms. The van der Waals surface area contributed by atoms with Crippen LogP contribution < -0.4 is 0 Å². The summed E-state index contributed by atoms with van der Waals surface area (Å²) in [5.41, 5.74) is 1.14. The molecular weight excluding hydrogens is 257 g/mol. The second kappa shape index (κ2) is 4.74. The van der Waals surface area contributed by atoms with Crippen molar-refractivity contribution in [3.63, 3.8) is 0 Å². The molecule has 0 fully saturated rings.